The monoisotopic (exact) mass is 504 g/mol. The molecule has 1 fully saturated rings. The van der Waals surface area contributed by atoms with Gasteiger partial charge in [0.2, 0.25) is 0 Å². The quantitative estimate of drug-likeness (QED) is 0.346. The summed E-state index contributed by atoms with van der Waals surface area (Å²) in [6.07, 6.45) is 3.90. The van der Waals surface area contributed by atoms with Gasteiger partial charge in [-0.15, -0.1) is 0 Å². The maximum Gasteiger partial charge on any atom is 0.174 e. The summed E-state index contributed by atoms with van der Waals surface area (Å²) in [6, 6.07) is 26.2. The Hall–Kier alpha value is -3.16. The smallest absolute Gasteiger partial charge is 0.174 e. The lowest BCUT2D eigenvalue weighted by atomic mass is 10.0. The average molecular weight is 505 g/mol. The van der Waals surface area contributed by atoms with Crippen molar-refractivity contribution in [3.05, 3.63) is 107 Å². The van der Waals surface area contributed by atoms with Crippen molar-refractivity contribution < 1.29 is 4.74 Å². The summed E-state index contributed by atoms with van der Waals surface area (Å²) < 4.78 is 8.73. The van der Waals surface area contributed by atoms with Gasteiger partial charge in [-0.25, -0.2) is 0 Å². The van der Waals surface area contributed by atoms with Crippen LogP contribution in [0, 0.1) is 0 Å². The van der Waals surface area contributed by atoms with Crippen molar-refractivity contribution in [3.63, 3.8) is 0 Å². The van der Waals surface area contributed by atoms with Crippen molar-refractivity contribution in [3.8, 4) is 11.4 Å². The van der Waals surface area contributed by atoms with E-state index >= 15 is 0 Å². The van der Waals surface area contributed by atoms with Crippen molar-refractivity contribution in [1.29, 1.82) is 0 Å². The lowest BCUT2D eigenvalue weighted by Gasteiger charge is -2.29. The van der Waals surface area contributed by atoms with Crippen LogP contribution in [-0.2, 0) is 0 Å². The summed E-state index contributed by atoms with van der Waals surface area (Å²) in [5, 5.41) is 4.17. The fourth-order valence-electron chi connectivity index (χ4n) is 4.17. The molecule has 2 atom stereocenters. The van der Waals surface area contributed by atoms with Crippen LogP contribution in [0.4, 0.5) is 5.69 Å². The highest BCUT2D eigenvalue weighted by Crippen LogP contribution is 2.42. The number of anilines is 1. The first-order chi connectivity index (χ1) is 15.7. The molecule has 0 bridgehead atoms. The van der Waals surface area contributed by atoms with Gasteiger partial charge in [0.1, 0.15) is 11.8 Å². The second-order valence-electron chi connectivity index (χ2n) is 7.48. The third-order valence-electron chi connectivity index (χ3n) is 5.62. The number of ether oxygens (including phenoxy) is 1. The molecule has 160 valence electrons. The highest BCUT2D eigenvalue weighted by Gasteiger charge is 2.42. The number of pyridine rings is 1. The summed E-state index contributed by atoms with van der Waals surface area (Å²) in [5.41, 5.74) is 4.09. The molecule has 5 nitrogen and oxygen atoms in total. The molecule has 5 rings (SSSR count). The van der Waals surface area contributed by atoms with E-state index in [-0.39, 0.29) is 12.1 Å². The van der Waals surface area contributed by atoms with Gasteiger partial charge in [-0.1, -0.05) is 28.1 Å². The zero-order valence-corrected chi connectivity index (χ0v) is 19.8. The van der Waals surface area contributed by atoms with Crippen LogP contribution < -0.4 is 15.0 Å². The number of rotatable bonds is 5. The Morgan fingerprint density at radius 2 is 1.81 bits per heavy atom. The van der Waals surface area contributed by atoms with Gasteiger partial charge in [-0.05, 0) is 72.9 Å². The summed E-state index contributed by atoms with van der Waals surface area (Å²) in [7, 11) is 1.67. The van der Waals surface area contributed by atoms with Gasteiger partial charge >= 0.3 is 0 Å². The Bertz CT molecular complexity index is 1240. The first kappa shape index (κ1) is 20.7. The van der Waals surface area contributed by atoms with E-state index in [1.54, 1.807) is 7.11 Å². The van der Waals surface area contributed by atoms with Crippen LogP contribution in [0.5, 0.6) is 5.75 Å². The highest BCUT2D eigenvalue weighted by atomic mass is 79.9. The molecule has 0 amide bonds. The number of hydrogen-bond donors (Lipinski definition) is 1. The van der Waals surface area contributed by atoms with Gasteiger partial charge in [0.15, 0.2) is 5.11 Å². The second kappa shape index (κ2) is 8.76. The molecular formula is C25H21BrN4OS. The molecule has 7 heteroatoms. The Labute approximate surface area is 200 Å². The van der Waals surface area contributed by atoms with E-state index in [0.29, 0.717) is 5.11 Å². The number of nitrogens with one attached hydrogen (secondary N) is 1. The first-order valence-corrected chi connectivity index (χ1v) is 11.4. The van der Waals surface area contributed by atoms with Crippen molar-refractivity contribution in [2.24, 2.45) is 0 Å². The predicted molar refractivity (Wildman–Crippen MR) is 134 cm³/mol. The van der Waals surface area contributed by atoms with Crippen molar-refractivity contribution >= 4 is 38.9 Å². The van der Waals surface area contributed by atoms with Crippen LogP contribution in [0.25, 0.3) is 5.69 Å². The molecule has 3 heterocycles. The largest absolute Gasteiger partial charge is 0.497 e. The molecule has 1 aliphatic rings. The van der Waals surface area contributed by atoms with Gasteiger partial charge in [0, 0.05) is 40.0 Å². The minimum absolute atomic E-state index is 0.108. The molecule has 0 aliphatic carbocycles. The summed E-state index contributed by atoms with van der Waals surface area (Å²) in [4.78, 5) is 6.80. The summed E-state index contributed by atoms with van der Waals surface area (Å²) >= 11 is 9.37. The molecule has 1 saturated heterocycles. The normalized spacial score (nSPS) is 17.9. The summed E-state index contributed by atoms with van der Waals surface area (Å²) in [5.74, 6) is 0.786. The molecule has 32 heavy (non-hydrogen) atoms. The summed E-state index contributed by atoms with van der Waals surface area (Å²) in [6.45, 7) is 0. The van der Waals surface area contributed by atoms with Crippen LogP contribution >= 0.6 is 28.1 Å². The minimum atomic E-state index is -0.112. The van der Waals surface area contributed by atoms with Gasteiger partial charge in [-0.2, -0.15) is 0 Å². The van der Waals surface area contributed by atoms with E-state index in [0.717, 1.165) is 33.0 Å². The number of methoxy groups -OCH3 is 1. The van der Waals surface area contributed by atoms with Gasteiger partial charge in [-0.3, -0.25) is 4.98 Å². The van der Waals surface area contributed by atoms with Gasteiger partial charge in [0.05, 0.1) is 18.8 Å². The van der Waals surface area contributed by atoms with Gasteiger partial charge < -0.3 is 19.5 Å². The highest BCUT2D eigenvalue weighted by molar-refractivity contribution is 9.10. The number of benzene rings is 2. The number of nitrogens with zero attached hydrogens (tertiary/aromatic N) is 3. The SMILES string of the molecule is COc1cccc(N2C(=S)N[C@H](c3ccccn3)[C@H]2c2cccn2-c2ccc(Br)cc2)c1. The zero-order chi connectivity index (χ0) is 22.1. The zero-order valence-electron chi connectivity index (χ0n) is 17.4. The van der Waals surface area contributed by atoms with Crippen LogP contribution in [0.15, 0.2) is 95.7 Å². The van der Waals surface area contributed by atoms with Crippen LogP contribution in [-0.4, -0.2) is 21.8 Å². The third kappa shape index (κ3) is 3.78. The Morgan fingerprint density at radius 1 is 0.969 bits per heavy atom. The van der Waals surface area contributed by atoms with Gasteiger partial charge in [0.25, 0.3) is 0 Å². The topological polar surface area (TPSA) is 42.3 Å². The molecule has 1 aliphatic heterocycles. The maximum absolute atomic E-state index is 5.84. The fourth-order valence-corrected chi connectivity index (χ4v) is 4.78. The molecule has 0 radical (unpaired) electrons. The van der Waals surface area contributed by atoms with E-state index in [4.69, 9.17) is 17.0 Å². The molecule has 2 aromatic heterocycles. The lowest BCUT2D eigenvalue weighted by Crippen LogP contribution is -2.30. The number of aromatic nitrogens is 2. The Balaban J connectivity index is 1.66. The second-order valence-corrected chi connectivity index (χ2v) is 8.78. The van der Waals surface area contributed by atoms with Crippen LogP contribution in [0.2, 0.25) is 0 Å². The third-order valence-corrected chi connectivity index (χ3v) is 6.46. The number of halogens is 1. The predicted octanol–water partition coefficient (Wildman–Crippen LogP) is 5.82. The van der Waals surface area contributed by atoms with E-state index in [1.165, 1.54) is 0 Å². The minimum Gasteiger partial charge on any atom is -0.497 e. The molecule has 1 N–H and O–H groups in total. The van der Waals surface area contributed by atoms with E-state index in [9.17, 15) is 0 Å². The fraction of sp³-hybridized carbons (Fsp3) is 0.120. The molecule has 4 aromatic rings. The van der Waals surface area contributed by atoms with E-state index in [1.807, 2.05) is 54.7 Å². The average Bonchev–Trinajstić information content (AvgIpc) is 3.44. The maximum atomic E-state index is 5.84. The first-order valence-electron chi connectivity index (χ1n) is 10.2. The number of hydrogen-bond acceptors (Lipinski definition) is 3. The molecule has 0 saturated carbocycles. The molecule has 2 aromatic carbocycles. The lowest BCUT2D eigenvalue weighted by molar-refractivity contribution is 0.414. The Morgan fingerprint density at radius 3 is 2.56 bits per heavy atom. The van der Waals surface area contributed by atoms with E-state index < -0.39 is 0 Å². The molecule has 0 unspecified atom stereocenters. The number of thiocarbonyl (C=S) groups is 1. The van der Waals surface area contributed by atoms with E-state index in [2.05, 4.69) is 72.2 Å². The van der Waals surface area contributed by atoms with Crippen molar-refractivity contribution in [2.75, 3.05) is 12.0 Å². The van der Waals surface area contributed by atoms with Crippen molar-refractivity contribution in [1.82, 2.24) is 14.9 Å². The standard InChI is InChI=1S/C25H21BrN4OS/c1-31-20-7-4-6-19(16-20)30-24(23(28-25(30)32)21-8-2-3-14-27-21)22-9-5-15-29(22)18-12-10-17(26)11-13-18/h2-16,23-24H,1H3,(H,28,32)/t23-,24-/m1/s1. The van der Waals surface area contributed by atoms with Crippen LogP contribution in [0.1, 0.15) is 23.5 Å². The Kier molecular flexibility index (Phi) is 5.68. The molecular weight excluding hydrogens is 484 g/mol. The molecule has 0 spiro atoms. The van der Waals surface area contributed by atoms with Crippen molar-refractivity contribution in [2.45, 2.75) is 12.1 Å². The van der Waals surface area contributed by atoms with Crippen LogP contribution in [0.3, 0.4) is 0 Å².